The highest BCUT2D eigenvalue weighted by Gasteiger charge is 2.18. The van der Waals surface area contributed by atoms with E-state index in [1.54, 1.807) is 47.9 Å². The number of fused-ring (bicyclic) bond motifs is 1. The molecule has 0 saturated carbocycles. The number of anilines is 2. The average molecular weight is 455 g/mol. The van der Waals surface area contributed by atoms with Crippen LogP contribution in [0.5, 0.6) is 0 Å². The van der Waals surface area contributed by atoms with Crippen molar-refractivity contribution in [2.24, 2.45) is 0 Å². The van der Waals surface area contributed by atoms with E-state index >= 15 is 0 Å². The van der Waals surface area contributed by atoms with Gasteiger partial charge >= 0.3 is 5.76 Å². The Kier molecular flexibility index (Phi) is 5.97. The molecule has 9 nitrogen and oxygen atoms in total. The monoisotopic (exact) mass is 454 g/mol. The third-order valence-electron chi connectivity index (χ3n) is 4.80. The Labute approximate surface area is 187 Å². The van der Waals surface area contributed by atoms with Gasteiger partial charge in [0.25, 0.3) is 11.8 Å². The van der Waals surface area contributed by atoms with E-state index in [4.69, 9.17) is 8.83 Å². The molecule has 0 fully saturated rings. The molecule has 2 amide bonds. The molecular weight excluding hydrogens is 432 g/mol. The number of aromatic nitrogens is 1. The zero-order valence-electron chi connectivity index (χ0n) is 17.8. The van der Waals surface area contributed by atoms with Gasteiger partial charge in [-0.1, -0.05) is 0 Å². The second-order valence-electron chi connectivity index (χ2n) is 7.51. The molecule has 3 aromatic heterocycles. The number of thiophene rings is 1. The third kappa shape index (κ3) is 4.51. The number of carbonyl (C=O) groups excluding carboxylic acids is 2. The summed E-state index contributed by atoms with van der Waals surface area (Å²) in [6.45, 7) is 2.94. The van der Waals surface area contributed by atoms with Gasteiger partial charge in [-0.3, -0.25) is 14.2 Å². The van der Waals surface area contributed by atoms with Crippen molar-refractivity contribution in [2.45, 2.75) is 13.5 Å². The normalized spacial score (nSPS) is 11.2. The number of hydrogen-bond donors (Lipinski definition) is 2. The van der Waals surface area contributed by atoms with Crippen LogP contribution in [0.3, 0.4) is 0 Å². The van der Waals surface area contributed by atoms with E-state index in [1.165, 1.54) is 17.6 Å². The molecule has 0 saturated heterocycles. The first kappa shape index (κ1) is 21.6. The van der Waals surface area contributed by atoms with Crippen LogP contribution < -0.4 is 16.4 Å². The van der Waals surface area contributed by atoms with Crippen LogP contribution in [0, 0.1) is 6.92 Å². The summed E-state index contributed by atoms with van der Waals surface area (Å²) in [6, 6.07) is 9.99. The fourth-order valence-corrected chi connectivity index (χ4v) is 4.15. The molecule has 0 unspecified atom stereocenters. The lowest BCUT2D eigenvalue weighted by molar-refractivity contribution is 0.0995. The van der Waals surface area contributed by atoms with E-state index in [0.717, 1.165) is 5.56 Å². The maximum absolute atomic E-state index is 12.9. The summed E-state index contributed by atoms with van der Waals surface area (Å²) in [6.07, 6.45) is 1.42. The van der Waals surface area contributed by atoms with E-state index in [0.29, 0.717) is 39.8 Å². The van der Waals surface area contributed by atoms with Crippen molar-refractivity contribution in [3.05, 3.63) is 69.4 Å². The highest BCUT2D eigenvalue weighted by Crippen LogP contribution is 2.28. The molecule has 4 rings (SSSR count). The molecule has 0 bridgehead atoms. The van der Waals surface area contributed by atoms with E-state index in [9.17, 15) is 14.4 Å². The first-order valence-electron chi connectivity index (χ1n) is 9.86. The van der Waals surface area contributed by atoms with Gasteiger partial charge in [-0.15, -0.1) is 11.3 Å². The summed E-state index contributed by atoms with van der Waals surface area (Å²) in [5.41, 5.74) is 2.34. The number of likely N-dealkylation sites (N-methyl/N-ethyl adjacent to an activating group) is 1. The Morgan fingerprint density at radius 1 is 1.12 bits per heavy atom. The Morgan fingerprint density at radius 3 is 2.66 bits per heavy atom. The van der Waals surface area contributed by atoms with Gasteiger partial charge in [-0.2, -0.15) is 0 Å². The molecule has 166 valence electrons. The number of oxazole rings is 1. The van der Waals surface area contributed by atoms with Crippen LogP contribution in [0.25, 0.3) is 11.1 Å². The minimum Gasteiger partial charge on any atom is -0.459 e. The Hall–Kier alpha value is -3.63. The second kappa shape index (κ2) is 8.85. The zero-order valence-corrected chi connectivity index (χ0v) is 18.6. The highest BCUT2D eigenvalue weighted by molar-refractivity contribution is 7.18. The number of rotatable bonds is 7. The van der Waals surface area contributed by atoms with Crippen molar-refractivity contribution >= 4 is 44.9 Å². The summed E-state index contributed by atoms with van der Waals surface area (Å²) in [4.78, 5) is 39.7. The van der Waals surface area contributed by atoms with Gasteiger partial charge in [0.05, 0.1) is 21.7 Å². The van der Waals surface area contributed by atoms with Crippen LogP contribution in [0.1, 0.15) is 25.8 Å². The van der Waals surface area contributed by atoms with Crippen LogP contribution in [0.2, 0.25) is 0 Å². The smallest absolute Gasteiger partial charge is 0.419 e. The number of aryl methyl sites for hydroxylation is 1. The molecule has 4 aromatic rings. The molecule has 10 heteroatoms. The maximum Gasteiger partial charge on any atom is 0.419 e. The number of hydrogen-bond acceptors (Lipinski definition) is 7. The first-order valence-corrected chi connectivity index (χ1v) is 10.7. The molecule has 0 aliphatic carbocycles. The summed E-state index contributed by atoms with van der Waals surface area (Å²) < 4.78 is 11.9. The minimum absolute atomic E-state index is 0.191. The number of carbonyl (C=O) groups is 2. The van der Waals surface area contributed by atoms with Crippen molar-refractivity contribution < 1.29 is 18.4 Å². The quantitative estimate of drug-likeness (QED) is 0.441. The molecule has 0 radical (unpaired) electrons. The molecule has 0 aliphatic rings. The predicted octanol–water partition coefficient (Wildman–Crippen LogP) is 3.62. The van der Waals surface area contributed by atoms with Crippen LogP contribution in [0.15, 0.2) is 56.3 Å². The van der Waals surface area contributed by atoms with Crippen molar-refractivity contribution in [1.82, 2.24) is 9.47 Å². The number of nitrogens with one attached hydrogen (secondary N) is 2. The van der Waals surface area contributed by atoms with Gasteiger partial charge in [0.1, 0.15) is 0 Å². The minimum atomic E-state index is -0.434. The Balaban J connectivity index is 1.52. The van der Waals surface area contributed by atoms with Gasteiger partial charge in [0, 0.05) is 18.8 Å². The maximum atomic E-state index is 12.9. The van der Waals surface area contributed by atoms with Gasteiger partial charge in [0.15, 0.2) is 11.3 Å². The van der Waals surface area contributed by atoms with E-state index in [2.05, 4.69) is 10.6 Å². The number of amides is 2. The summed E-state index contributed by atoms with van der Waals surface area (Å²) in [5, 5.41) is 6.13. The molecule has 0 aliphatic heterocycles. The highest BCUT2D eigenvalue weighted by atomic mass is 32.1. The number of nitrogens with zero attached hydrogens (tertiary/aromatic N) is 2. The van der Waals surface area contributed by atoms with Crippen LogP contribution in [-0.2, 0) is 6.54 Å². The summed E-state index contributed by atoms with van der Waals surface area (Å²) in [7, 11) is 3.85. The Bertz CT molecular complexity index is 1330. The fraction of sp³-hybridized carbons (Fsp3) is 0.227. The number of benzene rings is 1. The van der Waals surface area contributed by atoms with Crippen molar-refractivity contribution in [3.8, 4) is 0 Å². The lowest BCUT2D eigenvalue weighted by Gasteiger charge is -2.10. The summed E-state index contributed by atoms with van der Waals surface area (Å²) in [5.74, 6) is -0.938. The van der Waals surface area contributed by atoms with Crippen molar-refractivity contribution in [3.63, 3.8) is 0 Å². The topological polar surface area (TPSA) is 110 Å². The van der Waals surface area contributed by atoms with Crippen LogP contribution in [-0.4, -0.2) is 41.9 Å². The van der Waals surface area contributed by atoms with E-state index < -0.39 is 5.76 Å². The predicted molar refractivity (Wildman–Crippen MR) is 123 cm³/mol. The van der Waals surface area contributed by atoms with Gasteiger partial charge in [-0.05, 0) is 63.0 Å². The molecule has 2 N–H and O–H groups in total. The van der Waals surface area contributed by atoms with Crippen LogP contribution in [0.4, 0.5) is 10.7 Å². The van der Waals surface area contributed by atoms with Crippen molar-refractivity contribution in [2.75, 3.05) is 31.3 Å². The van der Waals surface area contributed by atoms with E-state index in [1.807, 2.05) is 19.0 Å². The van der Waals surface area contributed by atoms with Gasteiger partial charge < -0.3 is 24.4 Å². The summed E-state index contributed by atoms with van der Waals surface area (Å²) >= 11 is 1.17. The lowest BCUT2D eigenvalue weighted by atomic mass is 10.2. The molecule has 3 heterocycles. The standard InChI is InChI=1S/C22H22N4O5S/c1-13-11-18(24-20(27)17-5-4-10-30-17)32-19(13)21(28)23-14-6-7-16-15(12-14)26(22(29)31-16)9-8-25(2)3/h4-7,10-12H,8-9H2,1-3H3,(H,23,28)(H,24,27). The molecule has 1 aromatic carbocycles. The van der Waals surface area contributed by atoms with Crippen molar-refractivity contribution in [1.29, 1.82) is 0 Å². The first-order chi connectivity index (χ1) is 15.3. The largest absolute Gasteiger partial charge is 0.459 e. The number of furan rings is 1. The third-order valence-corrected chi connectivity index (χ3v) is 5.95. The SMILES string of the molecule is Cc1cc(NC(=O)c2ccco2)sc1C(=O)Nc1ccc2oc(=O)n(CCN(C)C)c2c1. The zero-order chi connectivity index (χ0) is 22.8. The second-order valence-corrected chi connectivity index (χ2v) is 8.57. The fourth-order valence-electron chi connectivity index (χ4n) is 3.19. The average Bonchev–Trinajstić information content (AvgIpc) is 3.45. The Morgan fingerprint density at radius 2 is 1.94 bits per heavy atom. The van der Waals surface area contributed by atoms with Gasteiger partial charge in [0.2, 0.25) is 0 Å². The molecule has 32 heavy (non-hydrogen) atoms. The van der Waals surface area contributed by atoms with Gasteiger partial charge in [-0.25, -0.2) is 4.79 Å². The lowest BCUT2D eigenvalue weighted by Crippen LogP contribution is -2.23. The van der Waals surface area contributed by atoms with E-state index in [-0.39, 0.29) is 17.6 Å². The molecule has 0 spiro atoms. The molecule has 0 atom stereocenters. The molecular formula is C22H22N4O5S. The van der Waals surface area contributed by atoms with Crippen LogP contribution >= 0.6 is 11.3 Å².